The first-order valence-electron chi connectivity index (χ1n) is 9.60. The third-order valence-electron chi connectivity index (χ3n) is 5.31. The van der Waals surface area contributed by atoms with E-state index in [0.29, 0.717) is 35.4 Å². The maximum atomic E-state index is 13.6. The molecule has 0 fully saturated rings. The number of aryl methyl sites for hydroxylation is 2. The average molecular weight is 448 g/mol. The van der Waals surface area contributed by atoms with Gasteiger partial charge in [-0.15, -0.1) is 11.3 Å². The minimum Gasteiger partial charge on any atom is -0.307 e. The fourth-order valence-corrected chi connectivity index (χ4v) is 5.61. The SMILES string of the molecule is Cc1ccc2n(c1=O)C(Cc1csc(-c3cccc(F)c3)n1)C(NS(C)(=O)=O)CC2. The third-order valence-corrected chi connectivity index (χ3v) is 6.98. The first-order valence-corrected chi connectivity index (χ1v) is 12.4. The Kier molecular flexibility index (Phi) is 5.61. The van der Waals surface area contributed by atoms with Crippen LogP contribution >= 0.6 is 11.3 Å². The largest absolute Gasteiger partial charge is 0.307 e. The average Bonchev–Trinajstić information content (AvgIpc) is 3.14. The lowest BCUT2D eigenvalue weighted by Crippen LogP contribution is -2.48. The molecule has 1 aliphatic rings. The Morgan fingerprint density at radius 1 is 1.30 bits per heavy atom. The van der Waals surface area contributed by atoms with Crippen molar-refractivity contribution in [1.29, 1.82) is 0 Å². The first-order chi connectivity index (χ1) is 14.2. The molecule has 0 radical (unpaired) electrons. The highest BCUT2D eigenvalue weighted by atomic mass is 32.2. The van der Waals surface area contributed by atoms with Gasteiger partial charge in [0, 0.05) is 34.7 Å². The predicted octanol–water partition coefficient (Wildman–Crippen LogP) is 3.07. The zero-order valence-electron chi connectivity index (χ0n) is 16.6. The molecule has 158 valence electrons. The van der Waals surface area contributed by atoms with Crippen LogP contribution in [-0.4, -0.2) is 30.3 Å². The molecule has 6 nitrogen and oxygen atoms in total. The lowest BCUT2D eigenvalue weighted by atomic mass is 9.93. The highest BCUT2D eigenvalue weighted by Crippen LogP contribution is 2.30. The topological polar surface area (TPSA) is 81.1 Å². The van der Waals surface area contributed by atoms with E-state index < -0.39 is 22.1 Å². The van der Waals surface area contributed by atoms with E-state index in [0.717, 1.165) is 17.6 Å². The van der Waals surface area contributed by atoms with Crippen molar-refractivity contribution < 1.29 is 12.8 Å². The Morgan fingerprint density at radius 2 is 2.10 bits per heavy atom. The van der Waals surface area contributed by atoms with Gasteiger partial charge in [-0.3, -0.25) is 4.79 Å². The lowest BCUT2D eigenvalue weighted by molar-refractivity contribution is 0.313. The molecule has 0 aliphatic carbocycles. The van der Waals surface area contributed by atoms with Gasteiger partial charge in [-0.05, 0) is 38.0 Å². The molecule has 1 aromatic carbocycles. The molecule has 3 heterocycles. The van der Waals surface area contributed by atoms with Gasteiger partial charge < -0.3 is 4.57 Å². The fourth-order valence-electron chi connectivity index (χ4n) is 3.95. The number of nitrogens with one attached hydrogen (secondary N) is 1. The molecule has 3 aromatic rings. The van der Waals surface area contributed by atoms with Gasteiger partial charge >= 0.3 is 0 Å². The molecule has 0 saturated carbocycles. The van der Waals surface area contributed by atoms with Crippen LogP contribution in [0.25, 0.3) is 10.6 Å². The van der Waals surface area contributed by atoms with E-state index >= 15 is 0 Å². The van der Waals surface area contributed by atoms with Crippen LogP contribution in [0.3, 0.4) is 0 Å². The molecule has 9 heteroatoms. The number of halogens is 1. The van der Waals surface area contributed by atoms with Gasteiger partial charge in [-0.25, -0.2) is 22.5 Å². The Labute approximate surface area is 178 Å². The van der Waals surface area contributed by atoms with E-state index in [1.165, 1.54) is 23.5 Å². The monoisotopic (exact) mass is 447 g/mol. The Balaban J connectivity index is 1.71. The third kappa shape index (κ3) is 4.38. The van der Waals surface area contributed by atoms with Gasteiger partial charge in [-0.2, -0.15) is 0 Å². The molecule has 2 aromatic heterocycles. The van der Waals surface area contributed by atoms with Gasteiger partial charge in [0.15, 0.2) is 0 Å². The summed E-state index contributed by atoms with van der Waals surface area (Å²) in [6, 6.07) is 9.18. The number of hydrogen-bond acceptors (Lipinski definition) is 5. The van der Waals surface area contributed by atoms with Crippen molar-refractivity contribution in [2.75, 3.05) is 6.26 Å². The van der Waals surface area contributed by atoms with Crippen LogP contribution in [0, 0.1) is 12.7 Å². The highest BCUT2D eigenvalue weighted by Gasteiger charge is 2.33. The van der Waals surface area contributed by atoms with Gasteiger partial charge in [0.25, 0.3) is 5.56 Å². The molecular formula is C21H22FN3O3S2. The van der Waals surface area contributed by atoms with Crippen molar-refractivity contribution >= 4 is 21.4 Å². The summed E-state index contributed by atoms with van der Waals surface area (Å²) in [4.78, 5) is 17.5. The highest BCUT2D eigenvalue weighted by molar-refractivity contribution is 7.88. The second kappa shape index (κ2) is 8.05. The Bertz CT molecular complexity index is 1250. The summed E-state index contributed by atoms with van der Waals surface area (Å²) in [5.41, 5.74) is 2.82. The van der Waals surface area contributed by atoms with E-state index in [2.05, 4.69) is 9.71 Å². The standard InChI is InChI=1S/C21H22FN3O3S2/c1-13-6-7-17-8-9-18(24-30(2,27)28)19(25(17)21(13)26)11-16-12-29-20(23-16)14-4-3-5-15(22)10-14/h3-7,10,12,18-19,24H,8-9,11H2,1-2H3. The Hall–Kier alpha value is -2.36. The lowest BCUT2D eigenvalue weighted by Gasteiger charge is -2.35. The number of aromatic nitrogens is 2. The zero-order chi connectivity index (χ0) is 21.5. The van der Waals surface area contributed by atoms with E-state index in [-0.39, 0.29) is 11.4 Å². The number of pyridine rings is 1. The van der Waals surface area contributed by atoms with Crippen molar-refractivity contribution in [3.8, 4) is 10.6 Å². The van der Waals surface area contributed by atoms with Crippen LogP contribution in [-0.2, 0) is 22.9 Å². The maximum Gasteiger partial charge on any atom is 0.253 e. The molecule has 2 atom stereocenters. The smallest absolute Gasteiger partial charge is 0.253 e. The van der Waals surface area contributed by atoms with E-state index in [4.69, 9.17) is 0 Å². The summed E-state index contributed by atoms with van der Waals surface area (Å²) in [6.07, 6.45) is 2.74. The number of benzene rings is 1. The summed E-state index contributed by atoms with van der Waals surface area (Å²) < 4.78 is 41.8. The summed E-state index contributed by atoms with van der Waals surface area (Å²) in [5, 5.41) is 2.57. The second-order valence-corrected chi connectivity index (χ2v) is 10.3. The summed E-state index contributed by atoms with van der Waals surface area (Å²) in [7, 11) is -3.44. The van der Waals surface area contributed by atoms with Crippen molar-refractivity contribution in [2.24, 2.45) is 0 Å². The molecular weight excluding hydrogens is 425 g/mol. The van der Waals surface area contributed by atoms with Crippen LogP contribution in [0.15, 0.2) is 46.6 Å². The predicted molar refractivity (Wildman–Crippen MR) is 116 cm³/mol. The molecule has 0 saturated heterocycles. The fraction of sp³-hybridized carbons (Fsp3) is 0.333. The van der Waals surface area contributed by atoms with E-state index in [9.17, 15) is 17.6 Å². The molecule has 2 unspecified atom stereocenters. The second-order valence-electron chi connectivity index (χ2n) is 7.64. The number of nitrogens with zero attached hydrogens (tertiary/aromatic N) is 2. The van der Waals surface area contributed by atoms with Gasteiger partial charge in [0.1, 0.15) is 10.8 Å². The number of thiazole rings is 1. The van der Waals surface area contributed by atoms with Crippen LogP contribution < -0.4 is 10.3 Å². The summed E-state index contributed by atoms with van der Waals surface area (Å²) in [6.45, 7) is 1.76. The zero-order valence-corrected chi connectivity index (χ0v) is 18.3. The van der Waals surface area contributed by atoms with Crippen molar-refractivity contribution in [1.82, 2.24) is 14.3 Å². The van der Waals surface area contributed by atoms with Gasteiger partial charge in [-0.1, -0.05) is 18.2 Å². The normalized spacial score (nSPS) is 18.9. The van der Waals surface area contributed by atoms with Crippen molar-refractivity contribution in [3.63, 3.8) is 0 Å². The minimum atomic E-state index is -3.44. The summed E-state index contributed by atoms with van der Waals surface area (Å²) >= 11 is 1.40. The molecule has 30 heavy (non-hydrogen) atoms. The first kappa shape index (κ1) is 20.9. The Morgan fingerprint density at radius 3 is 2.83 bits per heavy atom. The molecule has 0 spiro atoms. The van der Waals surface area contributed by atoms with Crippen LogP contribution in [0.2, 0.25) is 0 Å². The molecule has 0 bridgehead atoms. The summed E-state index contributed by atoms with van der Waals surface area (Å²) in [5.74, 6) is -0.329. The number of fused-ring (bicyclic) bond motifs is 1. The van der Waals surface area contributed by atoms with Crippen LogP contribution in [0.1, 0.15) is 29.4 Å². The number of hydrogen-bond donors (Lipinski definition) is 1. The maximum absolute atomic E-state index is 13.6. The van der Waals surface area contributed by atoms with E-state index in [1.807, 2.05) is 11.4 Å². The van der Waals surface area contributed by atoms with Gasteiger partial charge in [0.05, 0.1) is 18.0 Å². The molecule has 0 amide bonds. The molecule has 1 N–H and O–H groups in total. The minimum absolute atomic E-state index is 0.113. The van der Waals surface area contributed by atoms with Crippen LogP contribution in [0.4, 0.5) is 4.39 Å². The van der Waals surface area contributed by atoms with Crippen molar-refractivity contribution in [3.05, 3.63) is 74.9 Å². The van der Waals surface area contributed by atoms with Crippen LogP contribution in [0.5, 0.6) is 0 Å². The quantitative estimate of drug-likeness (QED) is 0.652. The number of sulfonamides is 1. The van der Waals surface area contributed by atoms with Gasteiger partial charge in [0.2, 0.25) is 10.0 Å². The number of rotatable bonds is 5. The van der Waals surface area contributed by atoms with E-state index in [1.54, 1.807) is 29.7 Å². The molecule has 1 aliphatic heterocycles. The molecule has 4 rings (SSSR count). The van der Waals surface area contributed by atoms with Crippen molar-refractivity contribution in [2.45, 2.75) is 38.3 Å².